The first kappa shape index (κ1) is 13.6. The van der Waals surface area contributed by atoms with Crippen molar-refractivity contribution in [1.82, 2.24) is 0 Å². The largest absolute Gasteiger partial charge is 0.468 e. The van der Waals surface area contributed by atoms with Gasteiger partial charge in [0.2, 0.25) is 5.91 Å². The number of esters is 1. The number of hydrogen-bond acceptors (Lipinski definition) is 3. The van der Waals surface area contributed by atoms with Gasteiger partial charge in [-0.25, -0.2) is 0 Å². The predicted molar refractivity (Wildman–Crippen MR) is 73.3 cm³/mol. The molecule has 19 heavy (non-hydrogen) atoms. The zero-order valence-corrected chi connectivity index (χ0v) is 12.0. The van der Waals surface area contributed by atoms with Crippen molar-refractivity contribution in [3.8, 4) is 0 Å². The van der Waals surface area contributed by atoms with Crippen LogP contribution in [-0.2, 0) is 19.7 Å². The van der Waals surface area contributed by atoms with E-state index in [2.05, 4.69) is 13.8 Å². The fourth-order valence-corrected chi connectivity index (χ4v) is 2.57. The second kappa shape index (κ2) is 4.37. The van der Waals surface area contributed by atoms with Crippen LogP contribution in [0.5, 0.6) is 0 Å². The number of methoxy groups -OCH3 is 1. The van der Waals surface area contributed by atoms with Crippen molar-refractivity contribution in [3.05, 3.63) is 29.3 Å². The highest BCUT2D eigenvalue weighted by Crippen LogP contribution is 2.42. The summed E-state index contributed by atoms with van der Waals surface area (Å²) in [6, 6.07) is 5.84. The van der Waals surface area contributed by atoms with Crippen LogP contribution in [0.2, 0.25) is 0 Å². The van der Waals surface area contributed by atoms with Gasteiger partial charge in [0.25, 0.3) is 0 Å². The molecule has 0 saturated carbocycles. The van der Waals surface area contributed by atoms with Crippen LogP contribution in [0.1, 0.15) is 37.8 Å². The maximum Gasteiger partial charge on any atom is 0.325 e. The molecule has 4 nitrogen and oxygen atoms in total. The van der Waals surface area contributed by atoms with Crippen molar-refractivity contribution in [2.24, 2.45) is 0 Å². The van der Waals surface area contributed by atoms with Crippen LogP contribution >= 0.6 is 0 Å². The van der Waals surface area contributed by atoms with Crippen molar-refractivity contribution in [2.45, 2.75) is 32.1 Å². The van der Waals surface area contributed by atoms with Gasteiger partial charge >= 0.3 is 5.97 Å². The number of fused-ring (bicyclic) bond motifs is 1. The lowest BCUT2D eigenvalue weighted by Gasteiger charge is -2.20. The van der Waals surface area contributed by atoms with E-state index >= 15 is 0 Å². The molecule has 0 bridgehead atoms. The lowest BCUT2D eigenvalue weighted by Crippen LogP contribution is -2.43. The Labute approximate surface area is 113 Å². The summed E-state index contributed by atoms with van der Waals surface area (Å²) in [6.07, 6.45) is 0. The molecular weight excluding hydrogens is 242 g/mol. The summed E-state index contributed by atoms with van der Waals surface area (Å²) >= 11 is 0. The zero-order valence-electron chi connectivity index (χ0n) is 12.0. The first-order valence-electron chi connectivity index (χ1n) is 6.35. The van der Waals surface area contributed by atoms with Gasteiger partial charge < -0.3 is 9.64 Å². The smallest absolute Gasteiger partial charge is 0.325 e. The third-order valence-corrected chi connectivity index (χ3v) is 3.91. The monoisotopic (exact) mass is 261 g/mol. The first-order chi connectivity index (χ1) is 8.83. The molecular formula is C15H19NO3. The summed E-state index contributed by atoms with van der Waals surface area (Å²) in [5.74, 6) is -0.410. The van der Waals surface area contributed by atoms with Crippen molar-refractivity contribution >= 4 is 17.6 Å². The van der Waals surface area contributed by atoms with Gasteiger partial charge in [0.05, 0.1) is 7.11 Å². The third kappa shape index (κ3) is 1.74. The Hall–Kier alpha value is -1.84. The van der Waals surface area contributed by atoms with Crippen molar-refractivity contribution < 1.29 is 14.3 Å². The number of carbonyl (C=O) groups excluding carboxylic acids is 2. The van der Waals surface area contributed by atoms with Gasteiger partial charge in [-0.1, -0.05) is 26.0 Å². The average molecular weight is 261 g/mol. The molecule has 102 valence electrons. The lowest BCUT2D eigenvalue weighted by atomic mass is 9.82. The van der Waals surface area contributed by atoms with E-state index in [1.54, 1.807) is 14.0 Å². The number of nitrogens with zero attached hydrogens (tertiary/aromatic N) is 1. The number of carbonyl (C=O) groups is 2. The topological polar surface area (TPSA) is 46.6 Å². The number of ether oxygens (including phenoxy) is 1. The minimum atomic E-state index is -1.23. The van der Waals surface area contributed by atoms with E-state index in [0.29, 0.717) is 5.92 Å². The van der Waals surface area contributed by atoms with E-state index in [0.717, 1.165) is 16.8 Å². The van der Waals surface area contributed by atoms with Crippen LogP contribution in [0.3, 0.4) is 0 Å². The molecule has 1 heterocycles. The Morgan fingerprint density at radius 2 is 2.00 bits per heavy atom. The van der Waals surface area contributed by atoms with Crippen molar-refractivity contribution in [1.29, 1.82) is 0 Å². The molecule has 1 aromatic carbocycles. The maximum atomic E-state index is 12.4. The number of benzene rings is 1. The minimum absolute atomic E-state index is 0.241. The number of likely N-dealkylation sites (N-methyl/N-ethyl adjacent to an activating group) is 1. The Morgan fingerprint density at radius 1 is 1.37 bits per heavy atom. The van der Waals surface area contributed by atoms with E-state index in [4.69, 9.17) is 4.74 Å². The molecule has 0 N–H and O–H groups in total. The number of hydrogen-bond donors (Lipinski definition) is 0. The molecule has 0 aliphatic carbocycles. The molecule has 0 spiro atoms. The Balaban J connectivity index is 2.66. The predicted octanol–water partition coefficient (Wildman–Crippen LogP) is 2.22. The molecule has 1 atom stereocenters. The van der Waals surface area contributed by atoms with Crippen LogP contribution in [0.25, 0.3) is 0 Å². The van der Waals surface area contributed by atoms with E-state index in [1.165, 1.54) is 12.0 Å². The van der Waals surface area contributed by atoms with Gasteiger partial charge in [0.1, 0.15) is 0 Å². The standard InChI is InChI=1S/C15H19NO3/c1-9(2)10-6-7-12-11(8-10)15(3,14(18)19-5)13(17)16(12)4/h6-9H,1-5H3/t15-/m1/s1. The molecule has 1 aromatic rings. The highest BCUT2D eigenvalue weighted by molar-refractivity contribution is 6.19. The summed E-state index contributed by atoms with van der Waals surface area (Å²) in [5.41, 5.74) is 1.39. The molecule has 0 radical (unpaired) electrons. The molecule has 1 amide bonds. The molecule has 4 heteroatoms. The van der Waals surface area contributed by atoms with E-state index < -0.39 is 11.4 Å². The van der Waals surface area contributed by atoms with Crippen LogP contribution in [0.4, 0.5) is 5.69 Å². The SMILES string of the molecule is COC(=O)[C@@]1(C)C(=O)N(C)c2ccc(C(C)C)cc21. The Kier molecular flexibility index (Phi) is 3.12. The molecule has 1 aliphatic rings. The normalized spacial score (nSPS) is 21.8. The lowest BCUT2D eigenvalue weighted by molar-refractivity contribution is -0.150. The second-order valence-corrected chi connectivity index (χ2v) is 5.41. The second-order valence-electron chi connectivity index (χ2n) is 5.41. The summed E-state index contributed by atoms with van der Waals surface area (Å²) in [7, 11) is 3.00. The molecule has 0 unspecified atom stereocenters. The highest BCUT2D eigenvalue weighted by atomic mass is 16.5. The maximum absolute atomic E-state index is 12.4. The van der Waals surface area contributed by atoms with Gasteiger partial charge in [-0.2, -0.15) is 0 Å². The minimum Gasteiger partial charge on any atom is -0.468 e. The van der Waals surface area contributed by atoms with E-state index in [1.807, 2.05) is 18.2 Å². The van der Waals surface area contributed by atoms with E-state index in [9.17, 15) is 9.59 Å². The van der Waals surface area contributed by atoms with Crippen LogP contribution < -0.4 is 4.90 Å². The third-order valence-electron chi connectivity index (χ3n) is 3.91. The quantitative estimate of drug-likeness (QED) is 0.606. The zero-order chi connectivity index (χ0) is 14.4. The van der Waals surface area contributed by atoms with Gasteiger partial charge in [0.15, 0.2) is 5.41 Å². The van der Waals surface area contributed by atoms with Crippen LogP contribution in [0, 0.1) is 0 Å². The highest BCUT2D eigenvalue weighted by Gasteiger charge is 2.52. The first-order valence-corrected chi connectivity index (χ1v) is 6.35. The molecule has 0 fully saturated rings. The fraction of sp³-hybridized carbons (Fsp3) is 0.467. The van der Waals surface area contributed by atoms with Gasteiger partial charge in [0, 0.05) is 18.3 Å². The van der Waals surface area contributed by atoms with Crippen molar-refractivity contribution in [2.75, 3.05) is 19.1 Å². The fourth-order valence-electron chi connectivity index (χ4n) is 2.57. The van der Waals surface area contributed by atoms with E-state index in [-0.39, 0.29) is 5.91 Å². The van der Waals surface area contributed by atoms with Crippen LogP contribution in [0.15, 0.2) is 18.2 Å². The Bertz CT molecular complexity index is 550. The van der Waals surface area contributed by atoms with Crippen LogP contribution in [-0.4, -0.2) is 26.0 Å². The van der Waals surface area contributed by atoms with Gasteiger partial charge in [-0.3, -0.25) is 9.59 Å². The number of amides is 1. The summed E-state index contributed by atoms with van der Waals surface area (Å²) < 4.78 is 4.83. The Morgan fingerprint density at radius 3 is 2.53 bits per heavy atom. The number of rotatable bonds is 2. The summed E-state index contributed by atoms with van der Waals surface area (Å²) in [4.78, 5) is 26.0. The van der Waals surface area contributed by atoms with Crippen molar-refractivity contribution in [3.63, 3.8) is 0 Å². The molecule has 2 rings (SSSR count). The average Bonchev–Trinajstić information content (AvgIpc) is 2.60. The van der Waals surface area contributed by atoms with Gasteiger partial charge in [-0.05, 0) is 24.5 Å². The molecule has 0 aromatic heterocycles. The summed E-state index contributed by atoms with van der Waals surface area (Å²) in [5, 5.41) is 0. The van der Waals surface area contributed by atoms with Gasteiger partial charge in [-0.15, -0.1) is 0 Å². The molecule has 0 saturated heterocycles. The number of anilines is 1. The molecule has 1 aliphatic heterocycles. The summed E-state index contributed by atoms with van der Waals surface area (Å²) in [6.45, 7) is 5.79.